The van der Waals surface area contributed by atoms with E-state index in [1.54, 1.807) is 0 Å². The average Bonchev–Trinajstić information content (AvgIpc) is 2.41. The van der Waals surface area contributed by atoms with Crippen molar-refractivity contribution in [2.24, 2.45) is 0 Å². The lowest BCUT2D eigenvalue weighted by molar-refractivity contribution is 0.281. The Morgan fingerprint density at radius 2 is 1.56 bits per heavy atom. The average molecular weight is 353 g/mol. The minimum Gasteiger partial charge on any atom is -0.392 e. The van der Waals surface area contributed by atoms with Gasteiger partial charge in [-0.1, -0.05) is 36.4 Å². The van der Waals surface area contributed by atoms with Crippen LogP contribution in [0.2, 0.25) is 0 Å². The second-order valence-corrected chi connectivity index (χ2v) is 5.45. The zero-order valence-electron chi connectivity index (χ0n) is 10.1. The third-order valence-corrected chi connectivity index (χ3v) is 3.46. The van der Waals surface area contributed by atoms with Crippen LogP contribution in [0.1, 0.15) is 16.7 Å². The highest BCUT2D eigenvalue weighted by atomic mass is 127. The van der Waals surface area contributed by atoms with E-state index in [0.29, 0.717) is 0 Å². The number of nitrogens with one attached hydrogen (secondary N) is 1. The van der Waals surface area contributed by atoms with Gasteiger partial charge in [-0.3, -0.25) is 0 Å². The fourth-order valence-corrected chi connectivity index (χ4v) is 2.15. The van der Waals surface area contributed by atoms with E-state index in [4.69, 9.17) is 5.11 Å². The zero-order valence-corrected chi connectivity index (χ0v) is 12.2. The molecule has 0 radical (unpaired) electrons. The Bertz CT molecular complexity index is 496. The first kappa shape index (κ1) is 13.5. The van der Waals surface area contributed by atoms with Crippen molar-refractivity contribution in [2.45, 2.75) is 19.7 Å². The van der Waals surface area contributed by atoms with Crippen molar-refractivity contribution in [2.75, 3.05) is 0 Å². The van der Waals surface area contributed by atoms with Crippen LogP contribution in [0, 0.1) is 3.57 Å². The molecule has 2 N–H and O–H groups in total. The summed E-state index contributed by atoms with van der Waals surface area (Å²) in [6.45, 7) is 1.78. The van der Waals surface area contributed by atoms with Gasteiger partial charge in [0.25, 0.3) is 0 Å². The molecule has 0 fully saturated rings. The molecule has 0 heterocycles. The quantitative estimate of drug-likeness (QED) is 0.810. The van der Waals surface area contributed by atoms with E-state index in [2.05, 4.69) is 58.2 Å². The van der Waals surface area contributed by atoms with Crippen molar-refractivity contribution in [3.05, 3.63) is 68.8 Å². The molecule has 0 atom stereocenters. The summed E-state index contributed by atoms with van der Waals surface area (Å²) in [6, 6.07) is 16.5. The topological polar surface area (TPSA) is 32.3 Å². The molecule has 0 aromatic heterocycles. The van der Waals surface area contributed by atoms with Gasteiger partial charge in [0.2, 0.25) is 0 Å². The Labute approximate surface area is 121 Å². The molecule has 94 valence electrons. The third kappa shape index (κ3) is 4.08. The van der Waals surface area contributed by atoms with Gasteiger partial charge in [0.05, 0.1) is 6.61 Å². The van der Waals surface area contributed by atoms with Crippen LogP contribution < -0.4 is 5.32 Å². The molecular formula is C15H16INO. The summed E-state index contributed by atoms with van der Waals surface area (Å²) in [7, 11) is 0. The molecule has 0 aliphatic heterocycles. The molecule has 2 aromatic rings. The molecule has 0 spiro atoms. The number of aliphatic hydroxyl groups is 1. The Morgan fingerprint density at radius 3 is 2.28 bits per heavy atom. The van der Waals surface area contributed by atoms with Crippen LogP contribution in [-0.2, 0) is 19.7 Å². The summed E-state index contributed by atoms with van der Waals surface area (Å²) >= 11 is 2.31. The predicted octanol–water partition coefficient (Wildman–Crippen LogP) is 3.07. The van der Waals surface area contributed by atoms with Crippen molar-refractivity contribution in [3.63, 3.8) is 0 Å². The Morgan fingerprint density at radius 1 is 0.889 bits per heavy atom. The maximum atomic E-state index is 9.07. The third-order valence-electron chi connectivity index (χ3n) is 2.75. The lowest BCUT2D eigenvalue weighted by Gasteiger charge is -2.06. The zero-order chi connectivity index (χ0) is 12.8. The van der Waals surface area contributed by atoms with Gasteiger partial charge in [0.15, 0.2) is 0 Å². The van der Waals surface area contributed by atoms with Gasteiger partial charge < -0.3 is 10.4 Å². The van der Waals surface area contributed by atoms with Gasteiger partial charge in [0.1, 0.15) is 0 Å². The highest BCUT2D eigenvalue weighted by Gasteiger charge is 1.96. The molecule has 0 aliphatic carbocycles. The van der Waals surface area contributed by atoms with E-state index in [-0.39, 0.29) is 6.61 Å². The minimum absolute atomic E-state index is 0.102. The van der Waals surface area contributed by atoms with Crippen molar-refractivity contribution in [1.82, 2.24) is 5.32 Å². The summed E-state index contributed by atoms with van der Waals surface area (Å²) in [5.74, 6) is 0. The highest BCUT2D eigenvalue weighted by molar-refractivity contribution is 14.1. The first-order valence-corrected chi connectivity index (χ1v) is 6.99. The Hall–Kier alpha value is -0.910. The van der Waals surface area contributed by atoms with Gasteiger partial charge in [-0.05, 0) is 51.4 Å². The summed E-state index contributed by atoms with van der Waals surface area (Å²) in [5, 5.41) is 12.5. The van der Waals surface area contributed by atoms with E-state index in [1.165, 1.54) is 14.7 Å². The smallest absolute Gasteiger partial charge is 0.0681 e. The van der Waals surface area contributed by atoms with Crippen LogP contribution in [0.4, 0.5) is 0 Å². The largest absolute Gasteiger partial charge is 0.392 e. The van der Waals surface area contributed by atoms with Gasteiger partial charge >= 0.3 is 0 Å². The number of aliphatic hydroxyl groups excluding tert-OH is 1. The molecule has 0 bridgehead atoms. The van der Waals surface area contributed by atoms with Crippen LogP contribution in [0.15, 0.2) is 48.5 Å². The summed E-state index contributed by atoms with van der Waals surface area (Å²) in [5.41, 5.74) is 3.45. The van der Waals surface area contributed by atoms with Crippen LogP contribution in [0.5, 0.6) is 0 Å². The fourth-order valence-electron chi connectivity index (χ4n) is 1.79. The molecule has 0 saturated carbocycles. The molecule has 18 heavy (non-hydrogen) atoms. The minimum atomic E-state index is 0.102. The van der Waals surface area contributed by atoms with Crippen LogP contribution >= 0.6 is 22.6 Å². The fraction of sp³-hybridized carbons (Fsp3) is 0.200. The van der Waals surface area contributed by atoms with Crippen LogP contribution in [0.3, 0.4) is 0 Å². The van der Waals surface area contributed by atoms with Crippen molar-refractivity contribution in [1.29, 1.82) is 0 Å². The lowest BCUT2D eigenvalue weighted by Crippen LogP contribution is -2.12. The number of rotatable bonds is 5. The molecule has 2 rings (SSSR count). The first-order chi connectivity index (χ1) is 8.78. The number of hydrogen-bond donors (Lipinski definition) is 2. The Kier molecular flexibility index (Phi) is 5.16. The van der Waals surface area contributed by atoms with Gasteiger partial charge in [-0.15, -0.1) is 0 Å². The van der Waals surface area contributed by atoms with E-state index in [1.807, 2.05) is 18.2 Å². The second-order valence-electron chi connectivity index (χ2n) is 4.21. The SMILES string of the molecule is OCc1cccc(CNCc2ccc(I)cc2)c1. The number of hydrogen-bond acceptors (Lipinski definition) is 2. The van der Waals surface area contributed by atoms with E-state index < -0.39 is 0 Å². The van der Waals surface area contributed by atoms with Gasteiger partial charge in [-0.2, -0.15) is 0 Å². The Balaban J connectivity index is 1.86. The molecule has 0 unspecified atom stereocenters. The van der Waals surface area contributed by atoms with Crippen molar-refractivity contribution >= 4 is 22.6 Å². The standard InChI is InChI=1S/C15H16INO/c16-15-6-4-12(5-7-15)9-17-10-13-2-1-3-14(8-13)11-18/h1-8,17-18H,9-11H2. The normalized spacial score (nSPS) is 10.6. The molecule has 2 aromatic carbocycles. The maximum absolute atomic E-state index is 9.07. The summed E-state index contributed by atoms with van der Waals surface area (Å²) < 4.78 is 1.26. The van der Waals surface area contributed by atoms with Gasteiger partial charge in [0, 0.05) is 16.7 Å². The van der Waals surface area contributed by atoms with E-state index in [0.717, 1.165) is 18.7 Å². The monoisotopic (exact) mass is 353 g/mol. The van der Waals surface area contributed by atoms with Crippen LogP contribution in [0.25, 0.3) is 0 Å². The van der Waals surface area contributed by atoms with Crippen LogP contribution in [-0.4, -0.2) is 5.11 Å². The lowest BCUT2D eigenvalue weighted by atomic mass is 10.1. The summed E-state index contributed by atoms with van der Waals surface area (Å²) in [4.78, 5) is 0. The molecule has 3 heteroatoms. The molecule has 2 nitrogen and oxygen atoms in total. The number of benzene rings is 2. The molecule has 0 aliphatic rings. The highest BCUT2D eigenvalue weighted by Crippen LogP contribution is 2.08. The summed E-state index contributed by atoms with van der Waals surface area (Å²) in [6.07, 6.45) is 0. The first-order valence-electron chi connectivity index (χ1n) is 5.92. The molecule has 0 saturated heterocycles. The number of halogens is 1. The maximum Gasteiger partial charge on any atom is 0.0681 e. The van der Waals surface area contributed by atoms with Gasteiger partial charge in [-0.25, -0.2) is 0 Å². The molecule has 0 amide bonds. The van der Waals surface area contributed by atoms with E-state index >= 15 is 0 Å². The molecular weight excluding hydrogens is 337 g/mol. The second kappa shape index (κ2) is 6.87. The predicted molar refractivity (Wildman–Crippen MR) is 82.1 cm³/mol. The van der Waals surface area contributed by atoms with Crippen molar-refractivity contribution in [3.8, 4) is 0 Å². The van der Waals surface area contributed by atoms with Crippen molar-refractivity contribution < 1.29 is 5.11 Å². The van der Waals surface area contributed by atoms with E-state index in [9.17, 15) is 0 Å².